The van der Waals surface area contributed by atoms with Gasteiger partial charge in [0.05, 0.1) is 0 Å². The molecule has 7 heteroatoms. The van der Waals surface area contributed by atoms with Crippen molar-refractivity contribution in [2.24, 2.45) is 0 Å². The zero-order chi connectivity index (χ0) is 7.15. The first-order valence-corrected chi connectivity index (χ1v) is 4.45. The van der Waals surface area contributed by atoms with Crippen molar-refractivity contribution < 1.29 is 33.3 Å². The van der Waals surface area contributed by atoms with Crippen molar-refractivity contribution in [1.29, 1.82) is 0 Å². The first-order chi connectivity index (χ1) is 3.46. The summed E-state index contributed by atoms with van der Waals surface area (Å²) in [4.78, 5) is 0. The number of hydrogen-bond acceptors (Lipinski definition) is 6. The van der Waals surface area contributed by atoms with Crippen molar-refractivity contribution in [3.63, 3.8) is 0 Å². The van der Waals surface area contributed by atoms with Crippen LogP contribution in [0, 0.1) is 0 Å². The molecule has 0 atom stereocenters. The van der Waals surface area contributed by atoms with E-state index in [1.54, 1.807) is 0 Å². The molecule has 60 valence electrons. The molecule has 0 aromatic carbocycles. The Labute approximate surface area is 67.5 Å². The van der Waals surface area contributed by atoms with Crippen LogP contribution in [-0.4, -0.2) is 12.5 Å². The summed E-state index contributed by atoms with van der Waals surface area (Å²) in [6.07, 6.45) is 2.17. The monoisotopic (exact) mass is 216 g/mol. The largest absolute Gasteiger partial charge is 2.00 e. The van der Waals surface area contributed by atoms with Gasteiger partial charge in [0.2, 0.25) is 0 Å². The molecule has 0 heterocycles. The van der Waals surface area contributed by atoms with Crippen molar-refractivity contribution in [2.45, 2.75) is 0 Å². The Hall–Kier alpha value is 0.394. The molecule has 0 aliphatic rings. The molecule has 0 aliphatic carbocycles. The van der Waals surface area contributed by atoms with E-state index in [1.807, 2.05) is 0 Å². The van der Waals surface area contributed by atoms with Gasteiger partial charge in [-0.2, -0.15) is 0 Å². The van der Waals surface area contributed by atoms with Gasteiger partial charge in [-0.15, -0.1) is 0 Å². The third-order valence-electron chi connectivity index (χ3n) is 0. The van der Waals surface area contributed by atoms with E-state index in [4.69, 9.17) is 16.8 Å². The summed E-state index contributed by atoms with van der Waals surface area (Å²) >= 11 is 0. The van der Waals surface area contributed by atoms with Crippen LogP contribution < -0.4 is 0 Å². The van der Waals surface area contributed by atoms with Crippen molar-refractivity contribution in [3.8, 4) is 0 Å². The van der Waals surface area contributed by atoms with Gasteiger partial charge in [-0.3, -0.25) is 0 Å². The van der Waals surface area contributed by atoms with Crippen LogP contribution in [0.25, 0.3) is 0 Å². The summed E-state index contributed by atoms with van der Waals surface area (Å²) in [6.45, 7) is 0. The maximum absolute atomic E-state index is 9.00. The van der Waals surface area contributed by atoms with Gasteiger partial charge < -0.3 is 16.8 Å². The smallest absolute Gasteiger partial charge is 0.424 e. The maximum atomic E-state index is 9.00. The summed E-state index contributed by atoms with van der Waals surface area (Å²) in [6, 6.07) is 0. The van der Waals surface area contributed by atoms with Crippen LogP contribution in [0.4, 0.5) is 0 Å². The van der Waals surface area contributed by atoms with Crippen LogP contribution >= 0.6 is 0 Å². The molecule has 4 nitrogen and oxygen atoms in total. The van der Waals surface area contributed by atoms with E-state index < -0.39 is 21.4 Å². The Kier molecular flexibility index (Phi) is 20.2. The van der Waals surface area contributed by atoms with Crippen molar-refractivity contribution in [3.05, 3.63) is 0 Å². The Morgan fingerprint density at radius 2 is 0.778 bits per heavy atom. The molecule has 0 saturated carbocycles. The minimum absolute atomic E-state index is 0. The topological polar surface area (TPSA) is 68.3 Å². The second kappa shape index (κ2) is 11.2. The average molecular weight is 217 g/mol. The molecule has 0 spiro atoms. The summed E-state index contributed by atoms with van der Waals surface area (Å²) < 4.78 is 36.0. The molecule has 0 rings (SSSR count). The minimum Gasteiger partial charge on any atom is -0.424 e. The van der Waals surface area contributed by atoms with Gasteiger partial charge in [-0.25, -0.2) is 0 Å². The molecule has 0 fully saturated rings. The molecule has 0 N–H and O–H groups in total. The van der Waals surface area contributed by atoms with Gasteiger partial charge in [0.1, 0.15) is 0 Å². The molecule has 0 aromatic heterocycles. The van der Waals surface area contributed by atoms with E-state index in [1.165, 1.54) is 0 Å². The van der Waals surface area contributed by atoms with E-state index in [-0.39, 0.29) is 16.5 Å². The molecule has 0 unspecified atom stereocenters. The van der Waals surface area contributed by atoms with Crippen molar-refractivity contribution >= 4 is 21.4 Å². The molecular formula is C2H6NiO4S2. The average Bonchev–Trinajstić information content (AvgIpc) is 1.25. The second-order valence-electron chi connectivity index (χ2n) is 0.803. The molecule has 0 amide bonds. The number of rotatable bonds is 0. The summed E-state index contributed by atoms with van der Waals surface area (Å²) in [5.74, 6) is 0. The van der Waals surface area contributed by atoms with Crippen LogP contribution in [-0.2, 0) is 54.7 Å². The fraction of sp³-hybridized carbons (Fsp3) is 1.00. The van der Waals surface area contributed by atoms with Crippen LogP contribution in [0.5, 0.6) is 0 Å². The molecule has 0 radical (unpaired) electrons. The second-order valence-corrected chi connectivity index (χ2v) is 2.41. The van der Waals surface area contributed by atoms with Gasteiger partial charge in [-0.05, 0) is 0 Å². The van der Waals surface area contributed by atoms with E-state index >= 15 is 0 Å². The molecule has 0 aliphatic heterocycles. The third kappa shape index (κ3) is 2220. The van der Waals surface area contributed by atoms with Gasteiger partial charge in [0.15, 0.2) is 0 Å². The van der Waals surface area contributed by atoms with E-state index in [9.17, 15) is 0 Å². The molecule has 0 aromatic rings. The number of hydrogen-bond donors (Lipinski definition) is 0. The molecule has 0 bridgehead atoms. The fourth-order valence-corrected chi connectivity index (χ4v) is 0. The van der Waals surface area contributed by atoms with Gasteiger partial charge >= 0.3 is 16.5 Å². The van der Waals surface area contributed by atoms with Gasteiger partial charge in [-0.1, -0.05) is 33.9 Å². The normalized spacial score (nSPS) is 7.56. The standard InChI is InChI=1S/2CH3O2S.Ni/c2*1-4(2)3;/h2*1H3;/q2*-1;+2. The molecule has 0 saturated heterocycles. The Balaban J connectivity index is -0.0000000720. The van der Waals surface area contributed by atoms with Gasteiger partial charge in [0, 0.05) is 0 Å². The summed E-state index contributed by atoms with van der Waals surface area (Å²) in [5, 5.41) is 0. The quantitative estimate of drug-likeness (QED) is 0.417. The van der Waals surface area contributed by atoms with Crippen LogP contribution in [0.3, 0.4) is 0 Å². The maximum Gasteiger partial charge on any atom is 2.00 e. The Morgan fingerprint density at radius 1 is 0.778 bits per heavy atom. The zero-order valence-corrected chi connectivity index (χ0v) is 7.39. The van der Waals surface area contributed by atoms with Crippen LogP contribution in [0.15, 0.2) is 0 Å². The van der Waals surface area contributed by atoms with Gasteiger partial charge in [0.25, 0.3) is 0 Å². The van der Waals surface area contributed by atoms with E-state index in [2.05, 4.69) is 0 Å². The van der Waals surface area contributed by atoms with Crippen molar-refractivity contribution in [1.82, 2.24) is 0 Å². The SMILES string of the molecule is C[S-](=O)=O.C[S-](=O)=O.[Ni+2]. The molecule has 9 heavy (non-hydrogen) atoms. The first kappa shape index (κ1) is 16.2. The minimum atomic E-state index is -1.86. The third-order valence-corrected chi connectivity index (χ3v) is 0. The van der Waals surface area contributed by atoms with E-state index in [0.717, 1.165) is 12.5 Å². The first-order valence-electron chi connectivity index (χ1n) is 1.48. The zero-order valence-electron chi connectivity index (χ0n) is 4.77. The predicted octanol–water partition coefficient (Wildman–Crippen LogP) is -0.151. The van der Waals surface area contributed by atoms with Crippen LogP contribution in [0.1, 0.15) is 0 Å². The summed E-state index contributed by atoms with van der Waals surface area (Å²) in [7, 11) is -3.72. The predicted molar refractivity (Wildman–Crippen MR) is 29.3 cm³/mol. The molecular weight excluding hydrogens is 211 g/mol. The van der Waals surface area contributed by atoms with Crippen LogP contribution in [0.2, 0.25) is 0 Å². The van der Waals surface area contributed by atoms with E-state index in [0.29, 0.717) is 0 Å². The van der Waals surface area contributed by atoms with Crippen molar-refractivity contribution in [2.75, 3.05) is 12.5 Å². The fourth-order valence-electron chi connectivity index (χ4n) is 0. The Morgan fingerprint density at radius 3 is 0.778 bits per heavy atom. The summed E-state index contributed by atoms with van der Waals surface area (Å²) in [5.41, 5.74) is 0. The Bertz CT molecular complexity index is 133.